The summed E-state index contributed by atoms with van der Waals surface area (Å²) < 4.78 is 16.5. The summed E-state index contributed by atoms with van der Waals surface area (Å²) in [5.74, 6) is -0.0261. The van der Waals surface area contributed by atoms with Gasteiger partial charge in [-0.25, -0.2) is 9.59 Å². The minimum Gasteiger partial charge on any atom is -0.492 e. The van der Waals surface area contributed by atoms with Crippen LogP contribution in [0.2, 0.25) is 0 Å². The van der Waals surface area contributed by atoms with Crippen molar-refractivity contribution >= 4 is 12.1 Å². The number of amides is 1. The second kappa shape index (κ2) is 13.4. The third kappa shape index (κ3) is 8.98. The fraction of sp³-hybridized carbons (Fsp3) is 0.440. The largest absolute Gasteiger partial charge is 0.492 e. The van der Waals surface area contributed by atoms with Gasteiger partial charge in [0.1, 0.15) is 19.0 Å². The predicted molar refractivity (Wildman–Crippen MR) is 122 cm³/mol. The van der Waals surface area contributed by atoms with E-state index in [1.54, 1.807) is 24.0 Å². The summed E-state index contributed by atoms with van der Waals surface area (Å²) in [6.07, 6.45) is -0.936. The quantitative estimate of drug-likeness (QED) is 0.494. The smallest absolute Gasteiger partial charge is 0.410 e. The number of hydrogen-bond donors (Lipinski definition) is 1. The molecular formula is C25H33NO6. The van der Waals surface area contributed by atoms with E-state index in [1.165, 1.54) is 0 Å². The standard InChI is InChI=1S/C25H33NO6/c1-4-30-23(24(27)28)16-20-10-12-22(13-11-20)31-15-14-26(17-19(2)3)25(29)32-18-21-8-6-5-7-9-21/h5-13,19,23H,4,14-18H2,1-3H3,(H,27,28). The number of ether oxygens (including phenoxy) is 3. The van der Waals surface area contributed by atoms with E-state index in [-0.39, 0.29) is 12.7 Å². The molecule has 0 aromatic heterocycles. The Morgan fingerprint density at radius 1 is 1.00 bits per heavy atom. The molecule has 0 aliphatic rings. The SMILES string of the molecule is CCOC(Cc1ccc(OCCN(CC(C)C)C(=O)OCc2ccccc2)cc1)C(=O)O. The van der Waals surface area contributed by atoms with E-state index in [1.807, 2.05) is 56.3 Å². The van der Waals surface area contributed by atoms with Crippen LogP contribution < -0.4 is 4.74 Å². The minimum atomic E-state index is -0.975. The molecule has 1 atom stereocenters. The monoisotopic (exact) mass is 443 g/mol. The van der Waals surface area contributed by atoms with Crippen LogP contribution in [0, 0.1) is 5.92 Å². The maximum atomic E-state index is 12.5. The number of benzene rings is 2. The van der Waals surface area contributed by atoms with Crippen molar-refractivity contribution in [3.8, 4) is 5.75 Å². The van der Waals surface area contributed by atoms with E-state index in [4.69, 9.17) is 14.2 Å². The zero-order valence-corrected chi connectivity index (χ0v) is 19.0. The topological polar surface area (TPSA) is 85.3 Å². The number of nitrogens with zero attached hydrogens (tertiary/aromatic N) is 1. The van der Waals surface area contributed by atoms with Gasteiger partial charge in [0, 0.05) is 19.6 Å². The molecule has 0 spiro atoms. The van der Waals surface area contributed by atoms with Crippen molar-refractivity contribution in [2.45, 2.75) is 39.9 Å². The molecule has 1 N–H and O–H groups in total. The van der Waals surface area contributed by atoms with Gasteiger partial charge in [0.25, 0.3) is 0 Å². The van der Waals surface area contributed by atoms with Gasteiger partial charge in [-0.05, 0) is 36.1 Å². The van der Waals surface area contributed by atoms with Gasteiger partial charge >= 0.3 is 12.1 Å². The van der Waals surface area contributed by atoms with Crippen LogP contribution in [0.15, 0.2) is 54.6 Å². The molecule has 0 aliphatic heterocycles. The van der Waals surface area contributed by atoms with E-state index < -0.39 is 12.1 Å². The molecule has 1 amide bonds. The van der Waals surface area contributed by atoms with Gasteiger partial charge in [-0.3, -0.25) is 0 Å². The second-order valence-electron chi connectivity index (χ2n) is 7.86. The number of carbonyl (C=O) groups excluding carboxylic acids is 1. The van der Waals surface area contributed by atoms with Crippen LogP contribution in [-0.2, 0) is 27.3 Å². The number of hydrogen-bond acceptors (Lipinski definition) is 5. The number of rotatable bonds is 13. The maximum absolute atomic E-state index is 12.5. The second-order valence-corrected chi connectivity index (χ2v) is 7.86. The Morgan fingerprint density at radius 2 is 1.69 bits per heavy atom. The Balaban J connectivity index is 1.84. The molecule has 0 saturated carbocycles. The average Bonchev–Trinajstić information content (AvgIpc) is 2.78. The summed E-state index contributed by atoms with van der Waals surface area (Å²) in [6.45, 7) is 7.74. The van der Waals surface area contributed by atoms with Gasteiger partial charge in [-0.1, -0.05) is 56.3 Å². The lowest BCUT2D eigenvalue weighted by molar-refractivity contribution is -0.149. The molecule has 0 bridgehead atoms. The fourth-order valence-corrected chi connectivity index (χ4v) is 3.14. The summed E-state index contributed by atoms with van der Waals surface area (Å²) in [5, 5.41) is 9.21. The Morgan fingerprint density at radius 3 is 2.28 bits per heavy atom. The molecule has 0 radical (unpaired) electrons. The van der Waals surface area contributed by atoms with E-state index in [0.29, 0.717) is 44.4 Å². The van der Waals surface area contributed by atoms with E-state index >= 15 is 0 Å². The van der Waals surface area contributed by atoms with E-state index in [2.05, 4.69) is 0 Å². The lowest BCUT2D eigenvalue weighted by Gasteiger charge is -2.24. The summed E-state index contributed by atoms with van der Waals surface area (Å²) in [4.78, 5) is 25.4. The summed E-state index contributed by atoms with van der Waals surface area (Å²) in [7, 11) is 0. The Hall–Kier alpha value is -3.06. The molecule has 0 saturated heterocycles. The molecule has 7 heteroatoms. The van der Waals surface area contributed by atoms with Gasteiger partial charge in [0.2, 0.25) is 0 Å². The number of aliphatic carboxylic acids is 1. The lowest BCUT2D eigenvalue weighted by Crippen LogP contribution is -2.37. The third-order valence-electron chi connectivity index (χ3n) is 4.67. The number of carboxylic acids is 1. The molecular weight excluding hydrogens is 410 g/mol. The zero-order chi connectivity index (χ0) is 23.3. The van der Waals surface area contributed by atoms with Gasteiger partial charge in [0.05, 0.1) is 6.54 Å². The Labute approximate surface area is 189 Å². The molecule has 0 heterocycles. The zero-order valence-electron chi connectivity index (χ0n) is 19.0. The fourth-order valence-electron chi connectivity index (χ4n) is 3.14. The highest BCUT2D eigenvalue weighted by molar-refractivity contribution is 5.72. The van der Waals surface area contributed by atoms with Crippen molar-refractivity contribution in [2.24, 2.45) is 5.92 Å². The highest BCUT2D eigenvalue weighted by Crippen LogP contribution is 2.15. The van der Waals surface area contributed by atoms with Gasteiger partial charge in [-0.2, -0.15) is 0 Å². The summed E-state index contributed by atoms with van der Waals surface area (Å²) in [5.41, 5.74) is 1.79. The van der Waals surface area contributed by atoms with E-state index in [9.17, 15) is 14.7 Å². The normalized spacial score (nSPS) is 11.8. The van der Waals surface area contributed by atoms with Crippen LogP contribution in [0.5, 0.6) is 5.75 Å². The van der Waals surface area contributed by atoms with Gasteiger partial charge < -0.3 is 24.2 Å². The van der Waals surface area contributed by atoms with Crippen molar-refractivity contribution < 1.29 is 28.9 Å². The van der Waals surface area contributed by atoms with Crippen molar-refractivity contribution in [2.75, 3.05) is 26.3 Å². The first kappa shape index (κ1) is 25.2. The minimum absolute atomic E-state index is 0.232. The molecule has 2 aromatic rings. The van der Waals surface area contributed by atoms with Gasteiger partial charge in [-0.15, -0.1) is 0 Å². The lowest BCUT2D eigenvalue weighted by atomic mass is 10.1. The Bertz CT molecular complexity index is 822. The molecule has 32 heavy (non-hydrogen) atoms. The van der Waals surface area contributed by atoms with Crippen molar-refractivity contribution in [3.63, 3.8) is 0 Å². The molecule has 1 unspecified atom stereocenters. The first-order valence-electron chi connectivity index (χ1n) is 10.9. The summed E-state index contributed by atoms with van der Waals surface area (Å²) in [6, 6.07) is 16.8. The number of carboxylic acid groups (broad SMARTS) is 1. The average molecular weight is 444 g/mol. The number of carbonyl (C=O) groups is 2. The predicted octanol–water partition coefficient (Wildman–Crippen LogP) is 4.39. The maximum Gasteiger partial charge on any atom is 0.410 e. The first-order chi connectivity index (χ1) is 15.4. The van der Waals surface area contributed by atoms with E-state index in [0.717, 1.165) is 11.1 Å². The molecule has 7 nitrogen and oxygen atoms in total. The van der Waals surface area contributed by atoms with Crippen molar-refractivity contribution in [3.05, 3.63) is 65.7 Å². The summed E-state index contributed by atoms with van der Waals surface area (Å²) >= 11 is 0. The van der Waals surface area contributed by atoms with Crippen LogP contribution >= 0.6 is 0 Å². The van der Waals surface area contributed by atoms with Crippen molar-refractivity contribution in [1.82, 2.24) is 4.90 Å². The molecule has 2 aromatic carbocycles. The molecule has 0 aliphatic carbocycles. The van der Waals surface area contributed by atoms with Crippen molar-refractivity contribution in [1.29, 1.82) is 0 Å². The molecule has 2 rings (SSSR count). The Kier molecular flexibility index (Phi) is 10.5. The van der Waals surface area contributed by atoms with Crippen LogP contribution in [0.3, 0.4) is 0 Å². The third-order valence-corrected chi connectivity index (χ3v) is 4.67. The molecule has 174 valence electrons. The van der Waals surface area contributed by atoms with Crippen LogP contribution in [0.1, 0.15) is 31.9 Å². The first-order valence-corrected chi connectivity index (χ1v) is 10.9. The van der Waals surface area contributed by atoms with Crippen LogP contribution in [-0.4, -0.2) is 54.5 Å². The highest BCUT2D eigenvalue weighted by Gasteiger charge is 2.18. The molecule has 0 fully saturated rings. The van der Waals surface area contributed by atoms with Crippen LogP contribution in [0.25, 0.3) is 0 Å². The van der Waals surface area contributed by atoms with Gasteiger partial charge in [0.15, 0.2) is 6.10 Å². The highest BCUT2D eigenvalue weighted by atomic mass is 16.6. The van der Waals surface area contributed by atoms with Crippen LogP contribution in [0.4, 0.5) is 4.79 Å².